The Bertz CT molecular complexity index is 438. The summed E-state index contributed by atoms with van der Waals surface area (Å²) < 4.78 is 7.08. The van der Waals surface area contributed by atoms with E-state index in [0.717, 1.165) is 31.9 Å². The zero-order chi connectivity index (χ0) is 15.1. The van der Waals surface area contributed by atoms with E-state index in [4.69, 9.17) is 4.74 Å². The van der Waals surface area contributed by atoms with Crippen LogP contribution in [0.1, 0.15) is 30.3 Å². The predicted octanol–water partition coefficient (Wildman–Crippen LogP) is 1.60. The van der Waals surface area contributed by atoms with E-state index in [0.29, 0.717) is 19.1 Å². The van der Waals surface area contributed by atoms with Crippen LogP contribution in [0.15, 0.2) is 18.3 Å². The molecule has 1 aromatic heterocycles. The molecular weight excluding hydrogens is 266 g/mol. The second-order valence-electron chi connectivity index (χ2n) is 5.64. The topological polar surface area (TPSA) is 46.5 Å². The molecule has 1 amide bonds. The van der Waals surface area contributed by atoms with Crippen LogP contribution < -0.4 is 5.32 Å². The van der Waals surface area contributed by atoms with Crippen molar-refractivity contribution in [2.24, 2.45) is 5.92 Å². The SMILES string of the molecule is CCN(CC1CCCNC1)C(=O)c1cccn1CCOC. The van der Waals surface area contributed by atoms with Crippen molar-refractivity contribution in [3.05, 3.63) is 24.0 Å². The fourth-order valence-corrected chi connectivity index (χ4v) is 2.90. The molecule has 5 heteroatoms. The standard InChI is InChI=1S/C16H27N3O2/c1-3-18(13-14-6-4-8-17-12-14)16(20)15-7-5-9-19(15)10-11-21-2/h5,7,9,14,17H,3-4,6,8,10-13H2,1-2H3. The van der Waals surface area contributed by atoms with Gasteiger partial charge in [-0.1, -0.05) is 0 Å². The largest absolute Gasteiger partial charge is 0.383 e. The molecule has 118 valence electrons. The van der Waals surface area contributed by atoms with E-state index in [2.05, 4.69) is 12.2 Å². The summed E-state index contributed by atoms with van der Waals surface area (Å²) in [6, 6.07) is 3.83. The Morgan fingerprint density at radius 1 is 1.57 bits per heavy atom. The van der Waals surface area contributed by atoms with Crippen molar-refractivity contribution in [1.29, 1.82) is 0 Å². The number of carbonyl (C=O) groups excluding carboxylic acids is 1. The second kappa shape index (κ2) is 8.20. The van der Waals surface area contributed by atoms with Gasteiger partial charge in [-0.3, -0.25) is 4.79 Å². The number of nitrogens with one attached hydrogen (secondary N) is 1. The van der Waals surface area contributed by atoms with Crippen LogP contribution in [-0.4, -0.2) is 55.3 Å². The highest BCUT2D eigenvalue weighted by molar-refractivity contribution is 5.92. The van der Waals surface area contributed by atoms with Gasteiger partial charge in [-0.05, 0) is 50.9 Å². The first-order chi connectivity index (χ1) is 10.3. The molecule has 0 spiro atoms. The molecular formula is C16H27N3O2. The lowest BCUT2D eigenvalue weighted by Crippen LogP contribution is -2.41. The lowest BCUT2D eigenvalue weighted by Gasteiger charge is -2.29. The molecule has 0 aliphatic carbocycles. The van der Waals surface area contributed by atoms with Gasteiger partial charge in [-0.25, -0.2) is 0 Å². The Labute approximate surface area is 127 Å². The van der Waals surface area contributed by atoms with Crippen molar-refractivity contribution < 1.29 is 9.53 Å². The first-order valence-electron chi connectivity index (χ1n) is 7.90. The highest BCUT2D eigenvalue weighted by Gasteiger charge is 2.22. The molecule has 2 heterocycles. The number of methoxy groups -OCH3 is 1. The van der Waals surface area contributed by atoms with Crippen LogP contribution in [0.25, 0.3) is 0 Å². The maximum atomic E-state index is 12.7. The van der Waals surface area contributed by atoms with Crippen LogP contribution in [0.3, 0.4) is 0 Å². The summed E-state index contributed by atoms with van der Waals surface area (Å²) in [4.78, 5) is 14.7. The number of nitrogens with zero attached hydrogens (tertiary/aromatic N) is 2. The molecule has 1 N–H and O–H groups in total. The van der Waals surface area contributed by atoms with Crippen molar-refractivity contribution in [1.82, 2.24) is 14.8 Å². The minimum Gasteiger partial charge on any atom is -0.383 e. The highest BCUT2D eigenvalue weighted by atomic mass is 16.5. The maximum absolute atomic E-state index is 12.7. The molecule has 1 aliphatic rings. The van der Waals surface area contributed by atoms with E-state index in [1.54, 1.807) is 7.11 Å². The van der Waals surface area contributed by atoms with Crippen molar-refractivity contribution in [3.8, 4) is 0 Å². The van der Waals surface area contributed by atoms with E-state index in [9.17, 15) is 4.79 Å². The van der Waals surface area contributed by atoms with Crippen LogP contribution >= 0.6 is 0 Å². The lowest BCUT2D eigenvalue weighted by molar-refractivity contribution is 0.0715. The quantitative estimate of drug-likeness (QED) is 0.830. The number of piperidine rings is 1. The summed E-state index contributed by atoms with van der Waals surface area (Å²) in [6.07, 6.45) is 4.37. The van der Waals surface area contributed by atoms with Gasteiger partial charge in [-0.15, -0.1) is 0 Å². The predicted molar refractivity (Wildman–Crippen MR) is 83.5 cm³/mol. The third-order valence-corrected chi connectivity index (χ3v) is 4.13. The fourth-order valence-electron chi connectivity index (χ4n) is 2.90. The van der Waals surface area contributed by atoms with Crippen LogP contribution in [0.5, 0.6) is 0 Å². The van der Waals surface area contributed by atoms with Gasteiger partial charge in [0, 0.05) is 32.9 Å². The summed E-state index contributed by atoms with van der Waals surface area (Å²) in [5.41, 5.74) is 0.762. The molecule has 5 nitrogen and oxygen atoms in total. The van der Waals surface area contributed by atoms with Crippen molar-refractivity contribution >= 4 is 5.91 Å². The van der Waals surface area contributed by atoms with E-state index in [-0.39, 0.29) is 5.91 Å². The minimum absolute atomic E-state index is 0.129. The minimum atomic E-state index is 0.129. The third kappa shape index (κ3) is 4.32. The van der Waals surface area contributed by atoms with E-state index < -0.39 is 0 Å². The molecule has 0 bridgehead atoms. The summed E-state index contributed by atoms with van der Waals surface area (Å²) in [5.74, 6) is 0.703. The molecule has 21 heavy (non-hydrogen) atoms. The summed E-state index contributed by atoms with van der Waals surface area (Å²) in [5, 5.41) is 3.42. The van der Waals surface area contributed by atoms with Gasteiger partial charge in [0.2, 0.25) is 0 Å². The van der Waals surface area contributed by atoms with E-state index in [1.165, 1.54) is 12.8 Å². The molecule has 1 atom stereocenters. The number of rotatable bonds is 7. The molecule has 2 rings (SSSR count). The Balaban J connectivity index is 2.00. The molecule has 1 fully saturated rings. The molecule has 0 aromatic carbocycles. The monoisotopic (exact) mass is 293 g/mol. The molecule has 1 saturated heterocycles. The van der Waals surface area contributed by atoms with Crippen molar-refractivity contribution in [3.63, 3.8) is 0 Å². The third-order valence-electron chi connectivity index (χ3n) is 4.13. The van der Waals surface area contributed by atoms with E-state index >= 15 is 0 Å². The van der Waals surface area contributed by atoms with Crippen LogP contribution in [-0.2, 0) is 11.3 Å². The number of hydrogen-bond acceptors (Lipinski definition) is 3. The van der Waals surface area contributed by atoms with E-state index in [1.807, 2.05) is 27.8 Å². The summed E-state index contributed by atoms with van der Waals surface area (Å²) in [7, 11) is 1.68. The summed E-state index contributed by atoms with van der Waals surface area (Å²) in [6.45, 7) is 7.12. The van der Waals surface area contributed by atoms with Gasteiger partial charge in [0.1, 0.15) is 5.69 Å². The number of carbonyl (C=O) groups is 1. The number of amides is 1. The van der Waals surface area contributed by atoms with Gasteiger partial charge in [0.05, 0.1) is 6.61 Å². The maximum Gasteiger partial charge on any atom is 0.270 e. The van der Waals surface area contributed by atoms with Gasteiger partial charge in [-0.2, -0.15) is 0 Å². The Morgan fingerprint density at radius 3 is 3.10 bits per heavy atom. The average molecular weight is 293 g/mol. The Morgan fingerprint density at radius 2 is 2.43 bits per heavy atom. The summed E-state index contributed by atoms with van der Waals surface area (Å²) >= 11 is 0. The average Bonchev–Trinajstić information content (AvgIpc) is 2.99. The van der Waals surface area contributed by atoms with Gasteiger partial charge in [0.25, 0.3) is 5.91 Å². The molecule has 1 aromatic rings. The van der Waals surface area contributed by atoms with Gasteiger partial charge in [0.15, 0.2) is 0 Å². The highest BCUT2D eigenvalue weighted by Crippen LogP contribution is 2.14. The smallest absolute Gasteiger partial charge is 0.270 e. The molecule has 1 unspecified atom stereocenters. The number of aromatic nitrogens is 1. The molecule has 0 saturated carbocycles. The van der Waals surface area contributed by atoms with Crippen LogP contribution in [0.4, 0.5) is 0 Å². The molecule has 1 aliphatic heterocycles. The van der Waals surface area contributed by atoms with Gasteiger partial charge >= 0.3 is 0 Å². The zero-order valence-corrected chi connectivity index (χ0v) is 13.2. The number of hydrogen-bond donors (Lipinski definition) is 1. The first-order valence-corrected chi connectivity index (χ1v) is 7.90. The van der Waals surface area contributed by atoms with Crippen LogP contribution in [0.2, 0.25) is 0 Å². The normalized spacial score (nSPS) is 18.7. The van der Waals surface area contributed by atoms with Crippen molar-refractivity contribution in [2.45, 2.75) is 26.3 Å². The lowest BCUT2D eigenvalue weighted by atomic mass is 9.99. The Hall–Kier alpha value is -1.33. The number of ether oxygens (including phenoxy) is 1. The molecule has 0 radical (unpaired) electrons. The van der Waals surface area contributed by atoms with Crippen molar-refractivity contribution in [2.75, 3.05) is 39.9 Å². The van der Waals surface area contributed by atoms with Gasteiger partial charge < -0.3 is 19.5 Å². The van der Waals surface area contributed by atoms with Crippen LogP contribution in [0, 0.1) is 5.92 Å². The first kappa shape index (κ1) is 16.0. The Kier molecular flexibility index (Phi) is 6.26. The zero-order valence-electron chi connectivity index (χ0n) is 13.2. The fraction of sp³-hybridized carbons (Fsp3) is 0.688. The second-order valence-corrected chi connectivity index (χ2v) is 5.64.